The number of nitrogens with zero attached hydrogens (tertiary/aromatic N) is 1. The van der Waals surface area contributed by atoms with E-state index >= 15 is 0 Å². The van der Waals surface area contributed by atoms with Crippen LogP contribution in [0.3, 0.4) is 0 Å². The van der Waals surface area contributed by atoms with Crippen LogP contribution in [0.1, 0.15) is 28.2 Å². The first-order valence-corrected chi connectivity index (χ1v) is 8.07. The maximum atomic E-state index is 12.2. The topological polar surface area (TPSA) is 49.4 Å². The molecule has 0 bridgehead atoms. The number of carbonyl (C=O) groups excluding carboxylic acids is 2. The molecule has 0 aliphatic rings. The van der Waals surface area contributed by atoms with E-state index in [4.69, 9.17) is 11.6 Å². The summed E-state index contributed by atoms with van der Waals surface area (Å²) in [7, 11) is 1.72. The Bertz CT molecular complexity index is 641. The number of hydrogen-bond acceptors (Lipinski definition) is 3. The fourth-order valence-corrected chi connectivity index (χ4v) is 2.72. The minimum absolute atomic E-state index is 0.0227. The molecule has 0 fully saturated rings. The summed E-state index contributed by atoms with van der Waals surface area (Å²) in [5.74, 6) is -0.372. The van der Waals surface area contributed by atoms with Crippen LogP contribution in [0.25, 0.3) is 0 Å². The molecule has 22 heavy (non-hydrogen) atoms. The number of amides is 2. The predicted octanol–water partition coefficient (Wildman–Crippen LogP) is 3.35. The summed E-state index contributed by atoms with van der Waals surface area (Å²) in [6.45, 7) is 1.91. The number of likely N-dealkylation sites (N-methyl/N-ethyl adjacent to an activating group) is 1. The molecule has 1 N–H and O–H groups in total. The van der Waals surface area contributed by atoms with Gasteiger partial charge in [-0.25, -0.2) is 0 Å². The maximum absolute atomic E-state index is 12.2. The highest BCUT2D eigenvalue weighted by Gasteiger charge is 2.18. The van der Waals surface area contributed by atoms with Gasteiger partial charge in [0.15, 0.2) is 0 Å². The molecule has 6 heteroatoms. The van der Waals surface area contributed by atoms with E-state index in [9.17, 15) is 9.59 Å². The highest BCUT2D eigenvalue weighted by Crippen LogP contribution is 2.20. The predicted molar refractivity (Wildman–Crippen MR) is 89.3 cm³/mol. The van der Waals surface area contributed by atoms with Crippen molar-refractivity contribution in [1.82, 2.24) is 10.2 Å². The first-order valence-electron chi connectivity index (χ1n) is 6.82. The molecule has 4 nitrogen and oxygen atoms in total. The van der Waals surface area contributed by atoms with Crippen molar-refractivity contribution in [3.05, 3.63) is 57.2 Å². The Morgan fingerprint density at radius 1 is 1.27 bits per heavy atom. The largest absolute Gasteiger partial charge is 0.342 e. The van der Waals surface area contributed by atoms with E-state index in [-0.39, 0.29) is 24.4 Å². The van der Waals surface area contributed by atoms with Crippen LogP contribution in [0.5, 0.6) is 0 Å². The molecule has 0 aliphatic heterocycles. The van der Waals surface area contributed by atoms with Gasteiger partial charge >= 0.3 is 0 Å². The van der Waals surface area contributed by atoms with Crippen LogP contribution < -0.4 is 5.32 Å². The van der Waals surface area contributed by atoms with E-state index in [1.807, 2.05) is 24.4 Å². The van der Waals surface area contributed by atoms with Gasteiger partial charge in [0, 0.05) is 12.1 Å². The Hall–Kier alpha value is -1.85. The molecule has 2 amide bonds. The molecule has 1 atom stereocenters. The zero-order valence-electron chi connectivity index (χ0n) is 12.4. The molecule has 0 spiro atoms. The van der Waals surface area contributed by atoms with Crippen molar-refractivity contribution >= 4 is 34.8 Å². The van der Waals surface area contributed by atoms with Crippen molar-refractivity contribution in [3.8, 4) is 0 Å². The zero-order chi connectivity index (χ0) is 16.1. The lowest BCUT2D eigenvalue weighted by molar-refractivity contribution is -0.130. The van der Waals surface area contributed by atoms with Crippen molar-refractivity contribution in [3.63, 3.8) is 0 Å². The quantitative estimate of drug-likeness (QED) is 0.910. The molecule has 0 radical (unpaired) electrons. The van der Waals surface area contributed by atoms with Gasteiger partial charge in [-0.2, -0.15) is 0 Å². The van der Waals surface area contributed by atoms with Gasteiger partial charge in [0.25, 0.3) is 5.91 Å². The highest BCUT2D eigenvalue weighted by atomic mass is 35.5. The van der Waals surface area contributed by atoms with E-state index < -0.39 is 0 Å². The lowest BCUT2D eigenvalue weighted by Crippen LogP contribution is -2.39. The van der Waals surface area contributed by atoms with E-state index in [0.29, 0.717) is 9.90 Å². The molecule has 1 heterocycles. The minimum Gasteiger partial charge on any atom is -0.342 e. The lowest BCUT2D eigenvalue weighted by Gasteiger charge is -2.25. The second-order valence-electron chi connectivity index (χ2n) is 4.89. The Morgan fingerprint density at radius 2 is 1.95 bits per heavy atom. The van der Waals surface area contributed by atoms with Gasteiger partial charge in [-0.15, -0.1) is 11.3 Å². The van der Waals surface area contributed by atoms with Crippen LogP contribution in [-0.4, -0.2) is 30.3 Å². The summed E-state index contributed by atoms with van der Waals surface area (Å²) in [5.41, 5.74) is 0.991. The number of rotatable bonds is 5. The lowest BCUT2D eigenvalue weighted by atomic mass is 10.1. The molecule has 1 aromatic carbocycles. The monoisotopic (exact) mass is 336 g/mol. The van der Waals surface area contributed by atoms with Crippen molar-refractivity contribution in [2.24, 2.45) is 0 Å². The number of nitrogens with one attached hydrogen (secondary N) is 1. The van der Waals surface area contributed by atoms with Gasteiger partial charge in [0.2, 0.25) is 5.91 Å². The second kappa shape index (κ2) is 7.42. The Kier molecular flexibility index (Phi) is 5.57. The van der Waals surface area contributed by atoms with E-state index in [1.165, 1.54) is 11.3 Å². The smallest absolute Gasteiger partial charge is 0.261 e. The third-order valence-corrected chi connectivity index (χ3v) is 4.59. The van der Waals surface area contributed by atoms with Gasteiger partial charge in [0.05, 0.1) is 17.5 Å². The first kappa shape index (κ1) is 16.5. The first-order chi connectivity index (χ1) is 10.5. The molecule has 1 unspecified atom stereocenters. The standard InChI is InChI=1S/C16H17ClN2O2S/c1-11(12-5-7-13(17)8-6-12)19(2)15(20)10-18-16(21)14-4-3-9-22-14/h3-9,11H,10H2,1-2H3,(H,18,21). The molecule has 2 rings (SSSR count). The van der Waals surface area contributed by atoms with Crippen LogP contribution in [0.15, 0.2) is 41.8 Å². The normalized spacial score (nSPS) is 11.8. The number of thiophene rings is 1. The van der Waals surface area contributed by atoms with E-state index in [2.05, 4.69) is 5.32 Å². The van der Waals surface area contributed by atoms with Gasteiger partial charge in [-0.1, -0.05) is 29.8 Å². The van der Waals surface area contributed by atoms with Gasteiger partial charge in [-0.3, -0.25) is 9.59 Å². The summed E-state index contributed by atoms with van der Waals surface area (Å²) < 4.78 is 0. The summed E-state index contributed by atoms with van der Waals surface area (Å²) in [5, 5.41) is 5.13. The average Bonchev–Trinajstić information content (AvgIpc) is 3.06. The van der Waals surface area contributed by atoms with Gasteiger partial charge in [0.1, 0.15) is 0 Å². The fourth-order valence-electron chi connectivity index (χ4n) is 1.96. The summed E-state index contributed by atoms with van der Waals surface area (Å²) in [6.07, 6.45) is 0. The Balaban J connectivity index is 1.91. The summed E-state index contributed by atoms with van der Waals surface area (Å²) in [4.78, 5) is 26.2. The Labute approximate surface area is 138 Å². The number of hydrogen-bond donors (Lipinski definition) is 1. The number of halogens is 1. The second-order valence-corrected chi connectivity index (χ2v) is 6.28. The molecule has 116 valence electrons. The molecular weight excluding hydrogens is 320 g/mol. The third-order valence-electron chi connectivity index (χ3n) is 3.47. The SMILES string of the molecule is CC(c1ccc(Cl)cc1)N(C)C(=O)CNC(=O)c1cccs1. The van der Waals surface area contributed by atoms with E-state index in [1.54, 1.807) is 36.2 Å². The van der Waals surface area contributed by atoms with Crippen molar-refractivity contribution in [2.75, 3.05) is 13.6 Å². The van der Waals surface area contributed by atoms with Crippen molar-refractivity contribution in [1.29, 1.82) is 0 Å². The molecule has 2 aromatic rings. The molecule has 0 aliphatic carbocycles. The van der Waals surface area contributed by atoms with Crippen molar-refractivity contribution < 1.29 is 9.59 Å². The van der Waals surface area contributed by atoms with Crippen LogP contribution in [0, 0.1) is 0 Å². The fraction of sp³-hybridized carbons (Fsp3) is 0.250. The number of benzene rings is 1. The van der Waals surface area contributed by atoms with E-state index in [0.717, 1.165) is 5.56 Å². The van der Waals surface area contributed by atoms with Gasteiger partial charge in [-0.05, 0) is 36.1 Å². The van der Waals surface area contributed by atoms with Crippen molar-refractivity contribution in [2.45, 2.75) is 13.0 Å². The van der Waals surface area contributed by atoms with Crippen LogP contribution in [0.4, 0.5) is 0 Å². The molecule has 0 saturated heterocycles. The zero-order valence-corrected chi connectivity index (χ0v) is 13.9. The van der Waals surface area contributed by atoms with Crippen LogP contribution in [-0.2, 0) is 4.79 Å². The maximum Gasteiger partial charge on any atom is 0.261 e. The molecular formula is C16H17ClN2O2S. The summed E-state index contributed by atoms with van der Waals surface area (Å²) >= 11 is 7.21. The minimum atomic E-state index is -0.226. The average molecular weight is 337 g/mol. The van der Waals surface area contributed by atoms with Gasteiger partial charge < -0.3 is 10.2 Å². The third kappa shape index (κ3) is 4.08. The highest BCUT2D eigenvalue weighted by molar-refractivity contribution is 7.12. The Morgan fingerprint density at radius 3 is 2.55 bits per heavy atom. The van der Waals surface area contributed by atoms with Crippen LogP contribution in [0.2, 0.25) is 5.02 Å². The molecule has 1 aromatic heterocycles. The number of carbonyl (C=O) groups is 2. The van der Waals surface area contributed by atoms with Crippen LogP contribution >= 0.6 is 22.9 Å². The summed E-state index contributed by atoms with van der Waals surface area (Å²) in [6, 6.07) is 10.8. The molecule has 0 saturated carbocycles.